The fourth-order valence-electron chi connectivity index (χ4n) is 3.76. The molecule has 0 amide bonds. The molecule has 28 heavy (non-hydrogen) atoms. The first-order valence-electron chi connectivity index (χ1n) is 9.93. The summed E-state index contributed by atoms with van der Waals surface area (Å²) in [4.78, 5) is 20.2. The smallest absolute Gasteiger partial charge is 0.293 e. The number of aromatic nitrogens is 4. The van der Waals surface area contributed by atoms with Crippen molar-refractivity contribution in [1.82, 2.24) is 19.3 Å². The zero-order chi connectivity index (χ0) is 19.3. The van der Waals surface area contributed by atoms with Crippen LogP contribution in [0.25, 0.3) is 11.0 Å². The third kappa shape index (κ3) is 3.65. The highest BCUT2D eigenvalue weighted by Gasteiger charge is 2.21. The number of hydrogen-bond acceptors (Lipinski definition) is 4. The maximum absolute atomic E-state index is 13.2. The summed E-state index contributed by atoms with van der Waals surface area (Å²) in [7, 11) is 0. The third-order valence-corrected chi connectivity index (χ3v) is 5.24. The summed E-state index contributed by atoms with van der Waals surface area (Å²) in [5.74, 6) is 6.89. The maximum atomic E-state index is 13.2. The van der Waals surface area contributed by atoms with Gasteiger partial charge in [-0.25, -0.2) is 9.67 Å². The van der Waals surface area contributed by atoms with Crippen molar-refractivity contribution in [3.63, 3.8) is 0 Å². The largest absolute Gasteiger partial charge is 0.342 e. The molecule has 0 N–H and O–H groups in total. The Kier molecular flexibility index (Phi) is 5.43. The number of aryl methyl sites for hydroxylation is 2. The quantitative estimate of drug-likeness (QED) is 0.644. The molecule has 0 bridgehead atoms. The lowest BCUT2D eigenvalue weighted by atomic mass is 10.1. The summed E-state index contributed by atoms with van der Waals surface area (Å²) in [6.07, 6.45) is 6.04. The Labute approximate surface area is 164 Å². The van der Waals surface area contributed by atoms with Crippen LogP contribution in [0.2, 0.25) is 0 Å². The molecule has 1 aliphatic rings. The van der Waals surface area contributed by atoms with Crippen molar-refractivity contribution in [2.75, 3.05) is 18.0 Å². The van der Waals surface area contributed by atoms with E-state index in [1.165, 1.54) is 12.0 Å². The molecular weight excluding hydrogens is 350 g/mol. The molecule has 1 aliphatic heterocycles. The van der Waals surface area contributed by atoms with Crippen LogP contribution in [0.5, 0.6) is 0 Å². The molecule has 0 radical (unpaired) electrons. The number of hydrogen-bond donors (Lipinski definition) is 0. The van der Waals surface area contributed by atoms with E-state index in [0.29, 0.717) is 24.1 Å². The molecule has 0 spiro atoms. The molecule has 2 aromatic heterocycles. The fraction of sp³-hybridized carbons (Fsp3) is 0.409. The van der Waals surface area contributed by atoms with E-state index in [1.54, 1.807) is 10.9 Å². The molecule has 1 saturated heterocycles. The fourth-order valence-corrected chi connectivity index (χ4v) is 3.76. The van der Waals surface area contributed by atoms with Crippen LogP contribution in [0, 0.1) is 11.8 Å². The standard InChI is InChI=1S/C22H25N5O/c1-2-3-15-26-20-19(24-22(26)25-13-8-5-9-14-25)17-23-27(21(20)28)16-12-18-10-6-4-7-11-18/h4,6-7,10-11,17H,5,8-9,12-16H2,1H3. The van der Waals surface area contributed by atoms with Gasteiger partial charge in [0.2, 0.25) is 5.95 Å². The van der Waals surface area contributed by atoms with Gasteiger partial charge in [0, 0.05) is 19.6 Å². The van der Waals surface area contributed by atoms with Gasteiger partial charge in [0.05, 0.1) is 12.7 Å². The number of piperidine rings is 1. The van der Waals surface area contributed by atoms with E-state index in [1.807, 2.05) is 29.7 Å². The predicted molar refractivity (Wildman–Crippen MR) is 111 cm³/mol. The third-order valence-electron chi connectivity index (χ3n) is 5.24. The van der Waals surface area contributed by atoms with Crippen LogP contribution in [0.4, 0.5) is 5.95 Å². The zero-order valence-electron chi connectivity index (χ0n) is 16.3. The number of rotatable bonds is 5. The predicted octanol–water partition coefficient (Wildman–Crippen LogP) is 2.85. The molecule has 0 saturated carbocycles. The number of benzene rings is 1. The summed E-state index contributed by atoms with van der Waals surface area (Å²) in [5.41, 5.74) is 2.35. The summed E-state index contributed by atoms with van der Waals surface area (Å²) in [5, 5.41) is 4.38. The molecule has 3 heterocycles. The lowest BCUT2D eigenvalue weighted by Crippen LogP contribution is -2.32. The van der Waals surface area contributed by atoms with Crippen LogP contribution in [0.3, 0.4) is 0 Å². The van der Waals surface area contributed by atoms with Crippen molar-refractivity contribution in [3.05, 3.63) is 52.4 Å². The normalized spacial score (nSPS) is 14.1. The Morgan fingerprint density at radius 3 is 2.64 bits per heavy atom. The van der Waals surface area contributed by atoms with Crippen LogP contribution >= 0.6 is 0 Å². The minimum absolute atomic E-state index is 0.0953. The number of nitrogens with zero attached hydrogens (tertiary/aromatic N) is 5. The summed E-state index contributed by atoms with van der Waals surface area (Å²) in [6.45, 7) is 4.77. The molecule has 1 aromatic carbocycles. The van der Waals surface area contributed by atoms with Crippen LogP contribution in [-0.2, 0) is 19.5 Å². The monoisotopic (exact) mass is 375 g/mol. The van der Waals surface area contributed by atoms with Gasteiger partial charge >= 0.3 is 0 Å². The van der Waals surface area contributed by atoms with Gasteiger partial charge in [0.15, 0.2) is 0 Å². The molecular formula is C22H25N5O. The van der Waals surface area contributed by atoms with Gasteiger partial charge in [0.25, 0.3) is 5.56 Å². The molecule has 144 valence electrons. The first-order chi connectivity index (χ1) is 13.8. The second-order valence-electron chi connectivity index (χ2n) is 7.11. The van der Waals surface area contributed by atoms with Crippen molar-refractivity contribution in [2.24, 2.45) is 0 Å². The van der Waals surface area contributed by atoms with E-state index in [0.717, 1.165) is 38.3 Å². The van der Waals surface area contributed by atoms with E-state index in [-0.39, 0.29) is 5.56 Å². The van der Waals surface area contributed by atoms with Gasteiger partial charge in [-0.1, -0.05) is 36.3 Å². The van der Waals surface area contributed by atoms with Crippen LogP contribution in [0.15, 0.2) is 41.3 Å². The van der Waals surface area contributed by atoms with E-state index in [4.69, 9.17) is 4.98 Å². The van der Waals surface area contributed by atoms with Crippen LogP contribution < -0.4 is 10.5 Å². The zero-order valence-corrected chi connectivity index (χ0v) is 16.3. The number of imidazole rings is 1. The summed E-state index contributed by atoms with van der Waals surface area (Å²) in [6, 6.07) is 10.2. The van der Waals surface area contributed by atoms with Crippen LogP contribution in [0.1, 0.15) is 31.7 Å². The van der Waals surface area contributed by atoms with Crippen molar-refractivity contribution in [3.8, 4) is 11.8 Å². The Balaban J connectivity index is 1.72. The lowest BCUT2D eigenvalue weighted by molar-refractivity contribution is 0.560. The maximum Gasteiger partial charge on any atom is 0.293 e. The molecule has 4 rings (SSSR count). The summed E-state index contributed by atoms with van der Waals surface area (Å²) >= 11 is 0. The molecule has 3 aromatic rings. The van der Waals surface area contributed by atoms with E-state index in [9.17, 15) is 4.79 Å². The van der Waals surface area contributed by atoms with Crippen molar-refractivity contribution < 1.29 is 0 Å². The molecule has 1 fully saturated rings. The van der Waals surface area contributed by atoms with Crippen molar-refractivity contribution in [2.45, 2.75) is 45.7 Å². The molecule has 0 unspecified atom stereocenters. The number of fused-ring (bicyclic) bond motifs is 1. The first kappa shape index (κ1) is 18.3. The van der Waals surface area contributed by atoms with Gasteiger partial charge in [-0.15, -0.1) is 5.92 Å². The van der Waals surface area contributed by atoms with Gasteiger partial charge in [-0.3, -0.25) is 9.36 Å². The highest BCUT2D eigenvalue weighted by molar-refractivity contribution is 5.77. The minimum Gasteiger partial charge on any atom is -0.342 e. The average molecular weight is 375 g/mol. The molecule has 6 nitrogen and oxygen atoms in total. The van der Waals surface area contributed by atoms with Crippen molar-refractivity contribution >= 4 is 17.0 Å². The highest BCUT2D eigenvalue weighted by Crippen LogP contribution is 2.23. The Bertz CT molecular complexity index is 1070. The van der Waals surface area contributed by atoms with Crippen molar-refractivity contribution in [1.29, 1.82) is 0 Å². The molecule has 0 aliphatic carbocycles. The van der Waals surface area contributed by atoms with Gasteiger partial charge in [0.1, 0.15) is 11.0 Å². The Morgan fingerprint density at radius 2 is 1.89 bits per heavy atom. The summed E-state index contributed by atoms with van der Waals surface area (Å²) < 4.78 is 3.52. The second-order valence-corrected chi connectivity index (χ2v) is 7.11. The first-order valence-corrected chi connectivity index (χ1v) is 9.93. The topological polar surface area (TPSA) is 56.0 Å². The molecule has 0 atom stereocenters. The molecule has 6 heteroatoms. The van der Waals surface area contributed by atoms with E-state index in [2.05, 4.69) is 34.0 Å². The number of anilines is 1. The minimum atomic E-state index is -0.0953. The lowest BCUT2D eigenvalue weighted by Gasteiger charge is -2.27. The van der Waals surface area contributed by atoms with Gasteiger partial charge < -0.3 is 4.90 Å². The highest BCUT2D eigenvalue weighted by atomic mass is 16.1. The Hall–Kier alpha value is -3.07. The average Bonchev–Trinajstić information content (AvgIpc) is 3.12. The van der Waals surface area contributed by atoms with E-state index < -0.39 is 0 Å². The van der Waals surface area contributed by atoms with Gasteiger partial charge in [-0.2, -0.15) is 5.10 Å². The van der Waals surface area contributed by atoms with Gasteiger partial charge in [-0.05, 0) is 38.2 Å². The van der Waals surface area contributed by atoms with Crippen LogP contribution in [-0.4, -0.2) is 32.4 Å². The van der Waals surface area contributed by atoms with E-state index >= 15 is 0 Å². The SMILES string of the molecule is CC#CCn1c(N2CCCCC2)nc2cnn(CCc3ccccc3)c(=O)c21. The Morgan fingerprint density at radius 1 is 1.11 bits per heavy atom. The second kappa shape index (κ2) is 8.30.